The Morgan fingerprint density at radius 3 is 1.33 bits per heavy atom. The monoisotopic (exact) mass is 356 g/mol. The highest BCUT2D eigenvalue weighted by atomic mass is 32.1. The lowest BCUT2D eigenvalue weighted by atomic mass is 9.78. The zero-order valence-corrected chi connectivity index (χ0v) is 16.4. The van der Waals surface area contributed by atoms with Crippen molar-refractivity contribution >= 4 is 56.3 Å². The second-order valence-corrected chi connectivity index (χ2v) is 9.42. The predicted molar refractivity (Wildman–Crippen MR) is 103 cm³/mol. The summed E-state index contributed by atoms with van der Waals surface area (Å²) in [7, 11) is 0. The molecule has 0 amide bonds. The molecule has 24 heavy (non-hydrogen) atoms. The van der Waals surface area contributed by atoms with E-state index in [0.29, 0.717) is 0 Å². The summed E-state index contributed by atoms with van der Waals surface area (Å²) in [6.45, 7) is 13.4. The zero-order valence-electron chi connectivity index (χ0n) is 14.8. The first kappa shape index (κ1) is 15.8. The van der Waals surface area contributed by atoms with Gasteiger partial charge in [0.05, 0.1) is 23.5 Å². The molecule has 2 heterocycles. The first-order valence-corrected chi connectivity index (χ1v) is 9.49. The van der Waals surface area contributed by atoms with E-state index in [4.69, 9.17) is 0 Å². The Hall–Kier alpha value is -1.66. The van der Waals surface area contributed by atoms with Crippen molar-refractivity contribution in [3.63, 3.8) is 0 Å². The van der Waals surface area contributed by atoms with Crippen molar-refractivity contribution in [2.24, 2.45) is 0 Å². The van der Waals surface area contributed by atoms with Gasteiger partial charge in [0.25, 0.3) is 0 Å². The van der Waals surface area contributed by atoms with E-state index in [1.165, 1.54) is 45.4 Å². The van der Waals surface area contributed by atoms with E-state index in [-0.39, 0.29) is 10.8 Å². The van der Waals surface area contributed by atoms with Crippen LogP contribution in [0.3, 0.4) is 0 Å². The highest BCUT2D eigenvalue weighted by molar-refractivity contribution is 7.00. The van der Waals surface area contributed by atoms with Gasteiger partial charge in [-0.1, -0.05) is 41.5 Å². The number of benzene rings is 2. The number of hydrogen-bond donors (Lipinski definition) is 0. The van der Waals surface area contributed by atoms with Gasteiger partial charge in [-0.05, 0) is 34.1 Å². The maximum Gasteiger partial charge on any atom is 0.113 e. The average molecular weight is 357 g/mol. The third kappa shape index (κ3) is 2.24. The van der Waals surface area contributed by atoms with E-state index in [1.807, 2.05) is 0 Å². The van der Waals surface area contributed by atoms with Crippen LogP contribution in [-0.2, 0) is 10.8 Å². The van der Waals surface area contributed by atoms with Gasteiger partial charge in [-0.25, -0.2) is 0 Å². The lowest BCUT2D eigenvalue weighted by Gasteiger charge is -2.26. The molecule has 4 rings (SSSR count). The van der Waals surface area contributed by atoms with Gasteiger partial charge < -0.3 is 0 Å². The quantitative estimate of drug-likeness (QED) is 0.421. The van der Waals surface area contributed by atoms with Crippen LogP contribution in [-0.4, -0.2) is 17.5 Å². The van der Waals surface area contributed by atoms with Gasteiger partial charge in [0.1, 0.15) is 22.1 Å². The van der Waals surface area contributed by atoms with Crippen molar-refractivity contribution in [3.8, 4) is 0 Å². The maximum atomic E-state index is 4.62. The molecular formula is C18H20N4S2. The van der Waals surface area contributed by atoms with E-state index < -0.39 is 0 Å². The fourth-order valence-electron chi connectivity index (χ4n) is 3.29. The molecule has 2 aromatic carbocycles. The van der Waals surface area contributed by atoms with Crippen LogP contribution in [0.5, 0.6) is 0 Å². The van der Waals surface area contributed by atoms with E-state index in [1.54, 1.807) is 0 Å². The standard InChI is InChI=1S/C18H20N4S2/c1-17(2,3)9-7-11-16(22-23-19-11)14-10(18(4,5)6)8-12-15(13(9)14)21-24-20-12/h7-8H,1-6H3. The van der Waals surface area contributed by atoms with Gasteiger partial charge in [-0.15, -0.1) is 0 Å². The summed E-state index contributed by atoms with van der Waals surface area (Å²) in [5, 5.41) is 2.39. The van der Waals surface area contributed by atoms with Gasteiger partial charge in [-0.2, -0.15) is 17.5 Å². The molecule has 0 N–H and O–H groups in total. The van der Waals surface area contributed by atoms with Gasteiger partial charge in [-0.3, -0.25) is 0 Å². The van der Waals surface area contributed by atoms with Crippen LogP contribution < -0.4 is 0 Å². The molecule has 0 spiro atoms. The van der Waals surface area contributed by atoms with Crippen LogP contribution in [0.15, 0.2) is 12.1 Å². The summed E-state index contributed by atoms with van der Waals surface area (Å²) in [6, 6.07) is 4.37. The number of nitrogens with zero attached hydrogens (tertiary/aromatic N) is 4. The molecule has 0 fully saturated rings. The molecule has 0 saturated carbocycles. The second-order valence-electron chi connectivity index (χ2n) is 8.36. The molecule has 4 aromatic rings. The number of aromatic nitrogens is 4. The van der Waals surface area contributed by atoms with Crippen molar-refractivity contribution in [2.45, 2.75) is 52.4 Å². The Morgan fingerprint density at radius 1 is 0.625 bits per heavy atom. The highest BCUT2D eigenvalue weighted by Gasteiger charge is 2.28. The molecule has 4 nitrogen and oxygen atoms in total. The Balaban J connectivity index is 2.39. The molecule has 0 saturated heterocycles. The van der Waals surface area contributed by atoms with Crippen molar-refractivity contribution in [1.29, 1.82) is 0 Å². The minimum atomic E-state index is -0.0108. The van der Waals surface area contributed by atoms with E-state index >= 15 is 0 Å². The van der Waals surface area contributed by atoms with Crippen LogP contribution >= 0.6 is 23.5 Å². The minimum absolute atomic E-state index is 0.0108. The normalized spacial score (nSPS) is 13.4. The van der Waals surface area contributed by atoms with Crippen LogP contribution in [0.25, 0.3) is 32.8 Å². The second kappa shape index (κ2) is 4.92. The van der Waals surface area contributed by atoms with Gasteiger partial charge in [0.15, 0.2) is 0 Å². The Labute approximate surface area is 149 Å². The lowest BCUT2D eigenvalue weighted by Crippen LogP contribution is -2.15. The number of rotatable bonds is 0. The number of hydrogen-bond acceptors (Lipinski definition) is 6. The summed E-state index contributed by atoms with van der Waals surface area (Å²) < 4.78 is 18.3. The third-order valence-corrected chi connectivity index (χ3v) is 5.55. The third-order valence-electron chi connectivity index (χ3n) is 4.47. The van der Waals surface area contributed by atoms with E-state index in [0.717, 1.165) is 22.1 Å². The molecule has 0 aliphatic carbocycles. The van der Waals surface area contributed by atoms with E-state index in [9.17, 15) is 0 Å². The minimum Gasteiger partial charge on any atom is -0.173 e. The fourth-order valence-corrected chi connectivity index (χ4v) is 4.36. The molecule has 0 aliphatic rings. The SMILES string of the molecule is CC(C)(C)c1cc2nsnc2c2c(C(C)(C)C)cc3nsnc3c12. The Kier molecular flexibility index (Phi) is 3.25. The van der Waals surface area contributed by atoms with Gasteiger partial charge in [0.2, 0.25) is 0 Å². The first-order chi connectivity index (χ1) is 11.2. The lowest BCUT2D eigenvalue weighted by molar-refractivity contribution is 0.592. The van der Waals surface area contributed by atoms with Crippen molar-refractivity contribution < 1.29 is 0 Å². The summed E-state index contributed by atoms with van der Waals surface area (Å²) in [5.41, 5.74) is 6.44. The van der Waals surface area contributed by atoms with Gasteiger partial charge >= 0.3 is 0 Å². The molecule has 6 heteroatoms. The zero-order chi connectivity index (χ0) is 17.3. The molecule has 0 atom stereocenters. The fraction of sp³-hybridized carbons (Fsp3) is 0.444. The maximum absolute atomic E-state index is 4.62. The first-order valence-electron chi connectivity index (χ1n) is 8.03. The van der Waals surface area contributed by atoms with Crippen LogP contribution in [0.2, 0.25) is 0 Å². The topological polar surface area (TPSA) is 51.6 Å². The van der Waals surface area contributed by atoms with Crippen molar-refractivity contribution in [2.75, 3.05) is 0 Å². The molecule has 2 aromatic heterocycles. The average Bonchev–Trinajstić information content (AvgIpc) is 3.11. The molecule has 0 aliphatic heterocycles. The molecule has 0 bridgehead atoms. The summed E-state index contributed by atoms with van der Waals surface area (Å²) in [5.74, 6) is 0. The summed E-state index contributed by atoms with van der Waals surface area (Å²) in [4.78, 5) is 0. The molecule has 0 unspecified atom stereocenters. The highest BCUT2D eigenvalue weighted by Crippen LogP contribution is 2.43. The molecular weight excluding hydrogens is 336 g/mol. The number of fused-ring (bicyclic) bond motifs is 5. The van der Waals surface area contributed by atoms with Crippen LogP contribution in [0.4, 0.5) is 0 Å². The van der Waals surface area contributed by atoms with Crippen molar-refractivity contribution in [1.82, 2.24) is 17.5 Å². The van der Waals surface area contributed by atoms with Crippen molar-refractivity contribution in [3.05, 3.63) is 23.3 Å². The Bertz CT molecular complexity index is 990. The predicted octanol–water partition coefficient (Wildman–Crippen LogP) is 5.44. The Morgan fingerprint density at radius 2 is 1.00 bits per heavy atom. The van der Waals surface area contributed by atoms with Crippen LogP contribution in [0, 0.1) is 0 Å². The largest absolute Gasteiger partial charge is 0.173 e. The summed E-state index contributed by atoms with van der Waals surface area (Å²) in [6.07, 6.45) is 0. The van der Waals surface area contributed by atoms with Crippen LogP contribution in [0.1, 0.15) is 52.7 Å². The smallest absolute Gasteiger partial charge is 0.113 e. The van der Waals surface area contributed by atoms with Gasteiger partial charge in [0, 0.05) is 10.8 Å². The van der Waals surface area contributed by atoms with E-state index in [2.05, 4.69) is 71.2 Å². The molecule has 0 radical (unpaired) electrons. The summed E-state index contributed by atoms with van der Waals surface area (Å²) >= 11 is 2.56. The molecule has 124 valence electrons.